The van der Waals surface area contributed by atoms with Crippen molar-refractivity contribution in [3.63, 3.8) is 0 Å². The summed E-state index contributed by atoms with van der Waals surface area (Å²) in [4.78, 5) is 24.9. The maximum absolute atomic E-state index is 13.9. The topological polar surface area (TPSA) is 55.4 Å². The van der Waals surface area contributed by atoms with E-state index in [1.165, 1.54) is 19.1 Å². The largest absolute Gasteiger partial charge is 0.449 e. The Morgan fingerprint density at radius 1 is 0.931 bits per heavy atom. The van der Waals surface area contributed by atoms with Crippen molar-refractivity contribution in [2.24, 2.45) is 0 Å². The lowest BCUT2D eigenvalue weighted by molar-refractivity contribution is -0.129. The van der Waals surface area contributed by atoms with Crippen molar-refractivity contribution < 1.29 is 18.7 Å². The molecule has 3 aromatic carbocycles. The number of esters is 1. The summed E-state index contributed by atoms with van der Waals surface area (Å²) in [5.41, 5.74) is 1.49. The van der Waals surface area contributed by atoms with Gasteiger partial charge in [0.1, 0.15) is 5.82 Å². The Bertz CT molecular complexity index is 956. The molecule has 148 valence electrons. The zero-order valence-corrected chi connectivity index (χ0v) is 16.4. The smallest absolute Gasteiger partial charge is 0.341 e. The van der Waals surface area contributed by atoms with Crippen LogP contribution in [0.15, 0.2) is 78.9 Å². The highest BCUT2D eigenvalue weighted by Crippen LogP contribution is 2.22. The summed E-state index contributed by atoms with van der Waals surface area (Å²) in [7, 11) is 0. The predicted octanol–water partition coefficient (Wildman–Crippen LogP) is 4.93. The number of halogens is 2. The number of carbonyl (C=O) groups excluding carboxylic acids is 2. The Balaban J connectivity index is 1.74. The molecule has 6 heteroatoms. The van der Waals surface area contributed by atoms with Crippen molar-refractivity contribution in [3.8, 4) is 0 Å². The normalized spacial score (nSPS) is 11.7. The molecule has 1 atom stereocenters. The predicted molar refractivity (Wildman–Crippen MR) is 109 cm³/mol. The van der Waals surface area contributed by atoms with E-state index in [1.807, 2.05) is 60.7 Å². The number of hydrogen-bond acceptors (Lipinski definition) is 3. The van der Waals surface area contributed by atoms with E-state index in [2.05, 4.69) is 5.32 Å². The van der Waals surface area contributed by atoms with Crippen LogP contribution >= 0.6 is 11.6 Å². The van der Waals surface area contributed by atoms with Crippen molar-refractivity contribution in [1.29, 1.82) is 0 Å². The van der Waals surface area contributed by atoms with Crippen LogP contribution in [0.1, 0.15) is 34.5 Å². The summed E-state index contributed by atoms with van der Waals surface area (Å²) in [6.07, 6.45) is -1.12. The van der Waals surface area contributed by atoms with Crippen molar-refractivity contribution in [2.75, 3.05) is 0 Å². The van der Waals surface area contributed by atoms with Crippen LogP contribution in [0.3, 0.4) is 0 Å². The van der Waals surface area contributed by atoms with E-state index >= 15 is 0 Å². The Morgan fingerprint density at radius 3 is 2.00 bits per heavy atom. The molecule has 0 fully saturated rings. The number of hydrogen-bond donors (Lipinski definition) is 1. The molecular formula is C23H19ClFNO3. The molecule has 3 aromatic rings. The van der Waals surface area contributed by atoms with Gasteiger partial charge in [-0.05, 0) is 36.2 Å². The molecule has 4 nitrogen and oxygen atoms in total. The third-order valence-electron chi connectivity index (χ3n) is 4.36. The van der Waals surface area contributed by atoms with Gasteiger partial charge in [-0.1, -0.05) is 72.3 Å². The molecule has 0 bridgehead atoms. The molecule has 0 unspecified atom stereocenters. The van der Waals surface area contributed by atoms with E-state index in [-0.39, 0.29) is 10.6 Å². The van der Waals surface area contributed by atoms with Gasteiger partial charge in [-0.3, -0.25) is 4.79 Å². The maximum Gasteiger partial charge on any atom is 0.341 e. The average Bonchev–Trinajstić information content (AvgIpc) is 2.73. The van der Waals surface area contributed by atoms with Crippen molar-refractivity contribution in [2.45, 2.75) is 19.1 Å². The molecule has 0 aliphatic heterocycles. The summed E-state index contributed by atoms with van der Waals surface area (Å²) in [5.74, 6) is -2.23. The Labute approximate surface area is 173 Å². The SMILES string of the molecule is C[C@H](OC(=O)c1ccc(Cl)cc1F)C(=O)NC(c1ccccc1)c1ccccc1. The lowest BCUT2D eigenvalue weighted by Crippen LogP contribution is -2.38. The number of ether oxygens (including phenoxy) is 1. The van der Waals surface area contributed by atoms with Gasteiger partial charge in [0.2, 0.25) is 0 Å². The number of amides is 1. The molecule has 0 radical (unpaired) electrons. The Morgan fingerprint density at radius 2 is 1.48 bits per heavy atom. The lowest BCUT2D eigenvalue weighted by Gasteiger charge is -2.22. The lowest BCUT2D eigenvalue weighted by atomic mass is 9.98. The molecule has 0 heterocycles. The standard InChI is InChI=1S/C23H19ClFNO3/c1-15(29-23(28)19-13-12-18(24)14-20(19)25)22(27)26-21(16-8-4-2-5-9-16)17-10-6-3-7-11-17/h2-15,21H,1H3,(H,26,27)/t15-/m0/s1. The van der Waals surface area contributed by atoms with E-state index in [0.717, 1.165) is 17.2 Å². The second-order valence-electron chi connectivity index (χ2n) is 6.43. The van der Waals surface area contributed by atoms with Crippen molar-refractivity contribution in [3.05, 3.63) is 106 Å². The second kappa shape index (κ2) is 9.34. The fraction of sp³-hybridized carbons (Fsp3) is 0.130. The first kappa shape index (κ1) is 20.6. The van der Waals surface area contributed by atoms with Gasteiger partial charge in [0.25, 0.3) is 5.91 Å². The van der Waals surface area contributed by atoms with Gasteiger partial charge >= 0.3 is 5.97 Å². The van der Waals surface area contributed by atoms with Crippen LogP contribution in [0.25, 0.3) is 0 Å². The number of carbonyl (C=O) groups is 2. The van der Waals surface area contributed by atoms with E-state index in [4.69, 9.17) is 16.3 Å². The third-order valence-corrected chi connectivity index (χ3v) is 4.59. The molecule has 0 aliphatic rings. The molecule has 0 aromatic heterocycles. The van der Waals surface area contributed by atoms with Crippen LogP contribution in [0.4, 0.5) is 4.39 Å². The summed E-state index contributed by atoms with van der Waals surface area (Å²) in [6.45, 7) is 1.44. The zero-order valence-electron chi connectivity index (χ0n) is 15.6. The van der Waals surface area contributed by atoms with E-state index in [0.29, 0.717) is 0 Å². The summed E-state index contributed by atoms with van der Waals surface area (Å²) >= 11 is 5.70. The van der Waals surface area contributed by atoms with Crippen LogP contribution in [0, 0.1) is 5.82 Å². The Hall–Kier alpha value is -3.18. The molecule has 0 saturated carbocycles. The van der Waals surface area contributed by atoms with Gasteiger partial charge in [0.05, 0.1) is 11.6 Å². The molecule has 1 N–H and O–H groups in total. The fourth-order valence-electron chi connectivity index (χ4n) is 2.84. The van der Waals surface area contributed by atoms with Gasteiger partial charge in [0.15, 0.2) is 6.10 Å². The van der Waals surface area contributed by atoms with E-state index in [1.54, 1.807) is 0 Å². The molecule has 1 amide bonds. The molecule has 0 aliphatic carbocycles. The highest BCUT2D eigenvalue weighted by atomic mass is 35.5. The van der Waals surface area contributed by atoms with Crippen LogP contribution in [0.2, 0.25) is 5.02 Å². The first-order valence-corrected chi connectivity index (χ1v) is 9.40. The van der Waals surface area contributed by atoms with E-state index < -0.39 is 29.8 Å². The van der Waals surface area contributed by atoms with E-state index in [9.17, 15) is 14.0 Å². The second-order valence-corrected chi connectivity index (χ2v) is 6.87. The van der Waals surface area contributed by atoms with Gasteiger partial charge in [-0.25, -0.2) is 9.18 Å². The molecule has 0 spiro atoms. The van der Waals surface area contributed by atoms with Crippen LogP contribution in [0.5, 0.6) is 0 Å². The molecular weight excluding hydrogens is 393 g/mol. The summed E-state index contributed by atoms with van der Waals surface area (Å²) in [6, 6.07) is 22.1. The fourth-order valence-corrected chi connectivity index (χ4v) is 3.00. The van der Waals surface area contributed by atoms with Gasteiger partial charge in [0, 0.05) is 5.02 Å². The summed E-state index contributed by atoms with van der Waals surface area (Å²) in [5, 5.41) is 3.06. The highest BCUT2D eigenvalue weighted by Gasteiger charge is 2.24. The minimum Gasteiger partial charge on any atom is -0.449 e. The minimum absolute atomic E-state index is 0.165. The molecule has 3 rings (SSSR count). The van der Waals surface area contributed by atoms with Crippen LogP contribution in [-0.4, -0.2) is 18.0 Å². The average molecular weight is 412 g/mol. The first-order chi connectivity index (χ1) is 14.0. The van der Waals surface area contributed by atoms with Gasteiger partial charge in [-0.15, -0.1) is 0 Å². The number of rotatable bonds is 6. The quantitative estimate of drug-likeness (QED) is 0.585. The van der Waals surface area contributed by atoms with Crippen LogP contribution in [-0.2, 0) is 9.53 Å². The minimum atomic E-state index is -1.12. The number of benzene rings is 3. The number of nitrogens with one attached hydrogen (secondary N) is 1. The molecule has 0 saturated heterocycles. The van der Waals surface area contributed by atoms with Crippen molar-refractivity contribution >= 4 is 23.5 Å². The monoisotopic (exact) mass is 411 g/mol. The zero-order chi connectivity index (χ0) is 20.8. The van der Waals surface area contributed by atoms with Gasteiger partial charge in [-0.2, -0.15) is 0 Å². The third kappa shape index (κ3) is 5.21. The highest BCUT2D eigenvalue weighted by molar-refractivity contribution is 6.30. The first-order valence-electron chi connectivity index (χ1n) is 9.02. The summed E-state index contributed by atoms with van der Waals surface area (Å²) < 4.78 is 19.1. The molecule has 29 heavy (non-hydrogen) atoms. The van der Waals surface area contributed by atoms with Gasteiger partial charge < -0.3 is 10.1 Å². The Kier molecular flexibility index (Phi) is 6.62. The maximum atomic E-state index is 13.9. The van der Waals surface area contributed by atoms with Crippen molar-refractivity contribution in [1.82, 2.24) is 5.32 Å². The van der Waals surface area contributed by atoms with Crippen LogP contribution < -0.4 is 5.32 Å².